The highest BCUT2D eigenvalue weighted by molar-refractivity contribution is 5.80. The van der Waals surface area contributed by atoms with Gasteiger partial charge in [-0.2, -0.15) is 0 Å². The third-order valence-corrected chi connectivity index (χ3v) is 4.75. The summed E-state index contributed by atoms with van der Waals surface area (Å²) in [7, 11) is 0. The van der Waals surface area contributed by atoms with E-state index >= 15 is 0 Å². The summed E-state index contributed by atoms with van der Waals surface area (Å²) in [6, 6.07) is 8.53. The topological polar surface area (TPSA) is 47.8 Å². The van der Waals surface area contributed by atoms with E-state index in [1.54, 1.807) is 29.0 Å². The predicted molar refractivity (Wildman–Crippen MR) is 98.3 cm³/mol. The van der Waals surface area contributed by atoms with E-state index in [-0.39, 0.29) is 22.1 Å². The monoisotopic (exact) mass is 347 g/mol. The average molecular weight is 347 g/mol. The molecule has 4 nitrogen and oxygen atoms in total. The Bertz CT molecular complexity index is 1120. The van der Waals surface area contributed by atoms with Gasteiger partial charge in [0.1, 0.15) is 17.0 Å². The molecule has 0 saturated heterocycles. The fraction of sp³-hybridized carbons (Fsp3) is 0.286. The number of pyridine rings is 1. The van der Waals surface area contributed by atoms with Gasteiger partial charge in [0.15, 0.2) is 5.82 Å². The van der Waals surface area contributed by atoms with Crippen LogP contribution in [0.25, 0.3) is 10.9 Å². The molecule has 0 radical (unpaired) electrons. The maximum Gasteiger partial charge on any atom is 0.261 e. The number of benzene rings is 1. The number of halogens is 1. The van der Waals surface area contributed by atoms with E-state index in [9.17, 15) is 9.18 Å². The van der Waals surface area contributed by atoms with Gasteiger partial charge in [0.25, 0.3) is 5.56 Å². The van der Waals surface area contributed by atoms with Crippen molar-refractivity contribution < 1.29 is 4.39 Å². The van der Waals surface area contributed by atoms with Gasteiger partial charge in [-0.05, 0) is 42.0 Å². The van der Waals surface area contributed by atoms with Crippen LogP contribution in [0.5, 0.6) is 0 Å². The zero-order valence-electron chi connectivity index (χ0n) is 14.7. The van der Waals surface area contributed by atoms with Gasteiger partial charge in [-0.1, -0.05) is 25.8 Å². The van der Waals surface area contributed by atoms with E-state index in [2.05, 4.69) is 35.7 Å². The lowest BCUT2D eigenvalue weighted by atomic mass is 9.85. The first-order chi connectivity index (χ1) is 12.4. The molecule has 3 aromatic rings. The summed E-state index contributed by atoms with van der Waals surface area (Å²) in [5, 5.41) is 0.298. The van der Waals surface area contributed by atoms with Crippen LogP contribution in [0.1, 0.15) is 37.4 Å². The van der Waals surface area contributed by atoms with Crippen molar-refractivity contribution in [1.29, 1.82) is 0 Å². The minimum absolute atomic E-state index is 0.0405. The van der Waals surface area contributed by atoms with Gasteiger partial charge >= 0.3 is 0 Å². The first-order valence-electron chi connectivity index (χ1n) is 8.60. The molecule has 3 heterocycles. The summed E-state index contributed by atoms with van der Waals surface area (Å²) in [6.07, 6.45) is 3.23. The second-order valence-corrected chi connectivity index (χ2v) is 7.37. The fourth-order valence-corrected chi connectivity index (χ4v) is 3.27. The van der Waals surface area contributed by atoms with Gasteiger partial charge in [0.05, 0.1) is 10.9 Å². The largest absolute Gasteiger partial charge is 0.296 e. The second-order valence-electron chi connectivity index (χ2n) is 7.37. The average Bonchev–Trinajstić information content (AvgIpc) is 2.63. The summed E-state index contributed by atoms with van der Waals surface area (Å²) in [6.45, 7) is 4.86. The normalized spacial score (nSPS) is 15.2. The Morgan fingerprint density at radius 2 is 2.04 bits per heavy atom. The van der Waals surface area contributed by atoms with E-state index in [4.69, 9.17) is 0 Å². The summed E-state index contributed by atoms with van der Waals surface area (Å²) < 4.78 is 16.6. The molecule has 0 aliphatic carbocycles. The van der Waals surface area contributed by atoms with Crippen molar-refractivity contribution in [2.75, 3.05) is 0 Å². The van der Waals surface area contributed by atoms with Crippen LogP contribution in [0.4, 0.5) is 4.39 Å². The minimum Gasteiger partial charge on any atom is -0.296 e. The molecule has 0 bridgehead atoms. The van der Waals surface area contributed by atoms with Gasteiger partial charge in [-0.3, -0.25) is 9.36 Å². The molecule has 0 amide bonds. The molecular weight excluding hydrogens is 329 g/mol. The number of fused-ring (bicyclic) bond motifs is 2. The molecule has 4 rings (SSSR count). The standard InChI is InChI=1S/C21H18FN3O/c1-21(2)11-10-17-24-19-16(20(26)25(17)13-21)9-7-14(18(19)22)6-8-15-5-3-4-12-23-15/h3-5,7,9,12H,10-11,13H2,1-2H3. The van der Waals surface area contributed by atoms with Gasteiger partial charge in [0, 0.05) is 19.2 Å². The SMILES string of the molecule is CC1(C)CCc2nc3c(F)c(C#Cc4ccccn4)ccc3c(=O)n2C1. The molecule has 0 fully saturated rings. The van der Waals surface area contributed by atoms with E-state index in [1.165, 1.54) is 6.07 Å². The maximum absolute atomic E-state index is 14.9. The van der Waals surface area contributed by atoms with Crippen LogP contribution in [0.2, 0.25) is 0 Å². The zero-order valence-corrected chi connectivity index (χ0v) is 14.7. The lowest BCUT2D eigenvalue weighted by Gasteiger charge is -2.31. The van der Waals surface area contributed by atoms with Crippen LogP contribution in [-0.2, 0) is 13.0 Å². The molecule has 0 N–H and O–H groups in total. The van der Waals surface area contributed by atoms with Gasteiger partial charge in [-0.25, -0.2) is 14.4 Å². The van der Waals surface area contributed by atoms with Crippen LogP contribution in [0, 0.1) is 23.1 Å². The number of rotatable bonds is 0. The quantitative estimate of drug-likeness (QED) is 0.586. The van der Waals surface area contributed by atoms with Crippen LogP contribution >= 0.6 is 0 Å². The predicted octanol–water partition coefficient (Wildman–Crippen LogP) is 3.30. The molecule has 2 aromatic heterocycles. The molecule has 1 aliphatic heterocycles. The lowest BCUT2D eigenvalue weighted by Crippen LogP contribution is -2.36. The molecule has 1 aromatic carbocycles. The van der Waals surface area contributed by atoms with E-state index < -0.39 is 5.82 Å². The summed E-state index contributed by atoms with van der Waals surface area (Å²) in [5.41, 5.74) is 0.747. The highest BCUT2D eigenvalue weighted by Gasteiger charge is 2.28. The Kier molecular flexibility index (Phi) is 3.84. The van der Waals surface area contributed by atoms with E-state index in [0.717, 1.165) is 6.42 Å². The number of hydrogen-bond acceptors (Lipinski definition) is 3. The molecular formula is C21H18FN3O. The first-order valence-corrected chi connectivity index (χ1v) is 8.60. The summed E-state index contributed by atoms with van der Waals surface area (Å²) >= 11 is 0. The third kappa shape index (κ3) is 2.88. The van der Waals surface area contributed by atoms with Crippen molar-refractivity contribution in [3.8, 4) is 11.8 Å². The zero-order chi connectivity index (χ0) is 18.3. The number of aromatic nitrogens is 3. The fourth-order valence-electron chi connectivity index (χ4n) is 3.27. The van der Waals surface area contributed by atoms with E-state index in [1.807, 2.05) is 6.07 Å². The van der Waals surface area contributed by atoms with Gasteiger partial charge in [-0.15, -0.1) is 0 Å². The van der Waals surface area contributed by atoms with Crippen molar-refractivity contribution in [3.05, 3.63) is 69.8 Å². The molecule has 0 spiro atoms. The smallest absolute Gasteiger partial charge is 0.261 e. The number of nitrogens with zero attached hydrogens (tertiary/aromatic N) is 3. The first kappa shape index (κ1) is 16.5. The van der Waals surface area contributed by atoms with Crippen molar-refractivity contribution >= 4 is 10.9 Å². The Balaban J connectivity index is 1.85. The Hall–Kier alpha value is -3.00. The van der Waals surface area contributed by atoms with E-state index in [0.29, 0.717) is 29.9 Å². The van der Waals surface area contributed by atoms with Crippen molar-refractivity contribution in [3.63, 3.8) is 0 Å². The Morgan fingerprint density at radius 3 is 2.81 bits per heavy atom. The molecule has 0 unspecified atom stereocenters. The minimum atomic E-state index is -0.545. The lowest BCUT2D eigenvalue weighted by molar-refractivity contribution is 0.240. The van der Waals surface area contributed by atoms with Crippen molar-refractivity contribution in [1.82, 2.24) is 14.5 Å². The Morgan fingerprint density at radius 1 is 1.19 bits per heavy atom. The van der Waals surface area contributed by atoms with Crippen molar-refractivity contribution in [2.45, 2.75) is 33.2 Å². The molecule has 1 aliphatic rings. The molecule has 5 heteroatoms. The summed E-state index contributed by atoms with van der Waals surface area (Å²) in [4.78, 5) is 21.4. The van der Waals surface area contributed by atoms with Crippen LogP contribution < -0.4 is 5.56 Å². The van der Waals surface area contributed by atoms with Crippen LogP contribution in [0.3, 0.4) is 0 Å². The molecule has 26 heavy (non-hydrogen) atoms. The Labute approximate surface area is 150 Å². The number of hydrogen-bond donors (Lipinski definition) is 0. The molecule has 0 saturated carbocycles. The van der Waals surface area contributed by atoms with Gasteiger partial charge < -0.3 is 0 Å². The summed E-state index contributed by atoms with van der Waals surface area (Å²) in [5.74, 6) is 5.74. The third-order valence-electron chi connectivity index (χ3n) is 4.75. The second kappa shape index (κ2) is 6.06. The van der Waals surface area contributed by atoms with Crippen LogP contribution in [-0.4, -0.2) is 14.5 Å². The highest BCUT2D eigenvalue weighted by Crippen LogP contribution is 2.30. The molecule has 0 atom stereocenters. The van der Waals surface area contributed by atoms with Crippen molar-refractivity contribution in [2.24, 2.45) is 5.41 Å². The van der Waals surface area contributed by atoms with Crippen LogP contribution in [0.15, 0.2) is 41.3 Å². The van der Waals surface area contributed by atoms with Gasteiger partial charge in [0.2, 0.25) is 0 Å². The molecule has 130 valence electrons. The highest BCUT2D eigenvalue weighted by atomic mass is 19.1. The maximum atomic E-state index is 14.9. The number of aryl methyl sites for hydroxylation is 1.